The number of ether oxygens (including phenoxy) is 1. The van der Waals surface area contributed by atoms with Crippen molar-refractivity contribution < 1.29 is 9.84 Å². The average molecular weight is 130 g/mol. The molecule has 0 aromatic carbocycles. The molecule has 2 nitrogen and oxygen atoms in total. The molecule has 0 spiro atoms. The molecule has 1 heterocycles. The predicted molar refractivity (Wildman–Crippen MR) is 35.3 cm³/mol. The van der Waals surface area contributed by atoms with Gasteiger partial charge in [0.05, 0.1) is 18.8 Å². The van der Waals surface area contributed by atoms with Crippen LogP contribution in [-0.4, -0.2) is 23.9 Å². The Labute approximate surface area is 55.8 Å². The molecule has 1 aliphatic heterocycles. The van der Waals surface area contributed by atoms with Crippen LogP contribution in [0.15, 0.2) is 0 Å². The number of hydrogen-bond acceptors (Lipinski definition) is 2. The van der Waals surface area contributed by atoms with E-state index in [4.69, 9.17) is 9.84 Å². The van der Waals surface area contributed by atoms with E-state index in [1.165, 1.54) is 0 Å². The van der Waals surface area contributed by atoms with Crippen molar-refractivity contribution in [2.24, 2.45) is 0 Å². The molecule has 1 N–H and O–H groups in total. The van der Waals surface area contributed by atoms with Crippen LogP contribution < -0.4 is 0 Å². The molecular weight excluding hydrogens is 116 g/mol. The highest BCUT2D eigenvalue weighted by Crippen LogP contribution is 2.20. The maximum atomic E-state index is 8.65. The first-order valence-corrected chi connectivity index (χ1v) is 3.63. The Morgan fingerprint density at radius 2 is 2.11 bits per heavy atom. The smallest absolute Gasteiger partial charge is 0.0810 e. The van der Waals surface area contributed by atoms with Gasteiger partial charge in [-0.15, -0.1) is 0 Å². The molecular formula is C7H14O2. The molecule has 54 valence electrons. The molecule has 0 aliphatic carbocycles. The monoisotopic (exact) mass is 130 g/mol. The van der Waals surface area contributed by atoms with Crippen molar-refractivity contribution in [3.8, 4) is 0 Å². The van der Waals surface area contributed by atoms with E-state index in [2.05, 4.69) is 6.92 Å². The highest BCUT2D eigenvalue weighted by atomic mass is 16.5. The second-order valence-corrected chi connectivity index (χ2v) is 2.55. The lowest BCUT2D eigenvalue weighted by Crippen LogP contribution is -2.13. The zero-order valence-electron chi connectivity index (χ0n) is 5.84. The first-order chi connectivity index (χ1) is 4.36. The molecule has 0 aromatic rings. The van der Waals surface area contributed by atoms with Gasteiger partial charge in [0.1, 0.15) is 0 Å². The van der Waals surface area contributed by atoms with Crippen LogP contribution in [0, 0.1) is 0 Å². The summed E-state index contributed by atoms with van der Waals surface area (Å²) in [6.07, 6.45) is 3.80. The lowest BCUT2D eigenvalue weighted by Gasteiger charge is -2.08. The van der Waals surface area contributed by atoms with Crippen LogP contribution >= 0.6 is 0 Å². The lowest BCUT2D eigenvalue weighted by atomic mass is 10.2. The second-order valence-electron chi connectivity index (χ2n) is 2.55. The van der Waals surface area contributed by atoms with Gasteiger partial charge < -0.3 is 9.84 Å². The first-order valence-electron chi connectivity index (χ1n) is 3.63. The fraction of sp³-hybridized carbons (Fsp3) is 1.00. The molecule has 0 amide bonds. The predicted octanol–water partition coefficient (Wildman–Crippen LogP) is 0.936. The van der Waals surface area contributed by atoms with Gasteiger partial charge in [-0.05, 0) is 19.3 Å². The van der Waals surface area contributed by atoms with Crippen molar-refractivity contribution in [3.05, 3.63) is 0 Å². The van der Waals surface area contributed by atoms with Crippen molar-refractivity contribution in [2.45, 2.75) is 38.4 Å². The van der Waals surface area contributed by atoms with Crippen LogP contribution in [-0.2, 0) is 4.74 Å². The first kappa shape index (κ1) is 7.03. The van der Waals surface area contributed by atoms with E-state index in [1.807, 2.05) is 0 Å². The summed E-state index contributed by atoms with van der Waals surface area (Å²) >= 11 is 0. The van der Waals surface area contributed by atoms with Gasteiger partial charge in [0.15, 0.2) is 0 Å². The summed E-state index contributed by atoms with van der Waals surface area (Å²) in [5, 5.41) is 8.65. The third-order valence-corrected chi connectivity index (χ3v) is 1.85. The number of rotatable bonds is 2. The van der Waals surface area contributed by atoms with Gasteiger partial charge in [0, 0.05) is 0 Å². The summed E-state index contributed by atoms with van der Waals surface area (Å²) in [6.45, 7) is 2.31. The van der Waals surface area contributed by atoms with Crippen molar-refractivity contribution in [1.29, 1.82) is 0 Å². The standard InChI is InChI=1S/C7H14O2/c1-2-6-3-4-7(5-8)9-6/h6-8H,2-5H2,1H3/t6-,7-/m1/s1. The molecule has 1 saturated heterocycles. The molecule has 0 aromatic heterocycles. The lowest BCUT2D eigenvalue weighted by molar-refractivity contribution is 0.0106. The molecule has 0 bridgehead atoms. The van der Waals surface area contributed by atoms with E-state index in [0.717, 1.165) is 19.3 Å². The SMILES string of the molecule is CC[C@@H]1CC[C@H](CO)O1. The van der Waals surface area contributed by atoms with E-state index in [0.29, 0.717) is 6.10 Å². The fourth-order valence-electron chi connectivity index (χ4n) is 1.21. The number of aliphatic hydroxyl groups is 1. The Morgan fingerprint density at radius 1 is 1.44 bits per heavy atom. The second kappa shape index (κ2) is 3.18. The molecule has 0 saturated carbocycles. The Kier molecular flexibility index (Phi) is 2.49. The van der Waals surface area contributed by atoms with Crippen LogP contribution in [0.2, 0.25) is 0 Å². The average Bonchev–Trinajstić information content (AvgIpc) is 2.34. The molecule has 1 rings (SSSR count). The normalized spacial score (nSPS) is 35.3. The molecule has 2 atom stereocenters. The van der Waals surface area contributed by atoms with Crippen LogP contribution in [0.4, 0.5) is 0 Å². The zero-order chi connectivity index (χ0) is 6.69. The quantitative estimate of drug-likeness (QED) is 0.602. The molecule has 2 heteroatoms. The maximum Gasteiger partial charge on any atom is 0.0810 e. The maximum absolute atomic E-state index is 8.65. The third-order valence-electron chi connectivity index (χ3n) is 1.85. The van der Waals surface area contributed by atoms with E-state index < -0.39 is 0 Å². The Morgan fingerprint density at radius 3 is 2.44 bits per heavy atom. The largest absolute Gasteiger partial charge is 0.394 e. The third kappa shape index (κ3) is 1.66. The topological polar surface area (TPSA) is 29.5 Å². The van der Waals surface area contributed by atoms with Crippen LogP contribution in [0.25, 0.3) is 0 Å². The highest BCUT2D eigenvalue weighted by molar-refractivity contribution is 4.71. The van der Waals surface area contributed by atoms with Gasteiger partial charge in [-0.25, -0.2) is 0 Å². The summed E-state index contributed by atoms with van der Waals surface area (Å²) < 4.78 is 5.41. The van der Waals surface area contributed by atoms with Crippen molar-refractivity contribution in [1.82, 2.24) is 0 Å². The molecule has 1 aliphatic rings. The summed E-state index contributed by atoms with van der Waals surface area (Å²) in [4.78, 5) is 0. The van der Waals surface area contributed by atoms with E-state index in [1.54, 1.807) is 0 Å². The minimum absolute atomic E-state index is 0.134. The van der Waals surface area contributed by atoms with Crippen molar-refractivity contribution >= 4 is 0 Å². The minimum atomic E-state index is 0.134. The fourth-order valence-corrected chi connectivity index (χ4v) is 1.21. The summed E-state index contributed by atoms with van der Waals surface area (Å²) in [6, 6.07) is 0. The van der Waals surface area contributed by atoms with E-state index in [9.17, 15) is 0 Å². The van der Waals surface area contributed by atoms with Gasteiger partial charge in [-0.1, -0.05) is 6.92 Å². The Hall–Kier alpha value is -0.0800. The van der Waals surface area contributed by atoms with Gasteiger partial charge in [-0.2, -0.15) is 0 Å². The summed E-state index contributed by atoms with van der Waals surface area (Å²) in [5.41, 5.74) is 0. The van der Waals surface area contributed by atoms with Gasteiger partial charge in [-0.3, -0.25) is 0 Å². The summed E-state index contributed by atoms with van der Waals surface area (Å²) in [5.74, 6) is 0. The van der Waals surface area contributed by atoms with Crippen LogP contribution in [0.1, 0.15) is 26.2 Å². The number of hydrogen-bond donors (Lipinski definition) is 1. The van der Waals surface area contributed by atoms with Gasteiger partial charge >= 0.3 is 0 Å². The van der Waals surface area contributed by atoms with Crippen LogP contribution in [0.3, 0.4) is 0 Å². The molecule has 9 heavy (non-hydrogen) atoms. The zero-order valence-corrected chi connectivity index (χ0v) is 5.84. The molecule has 0 radical (unpaired) electrons. The Balaban J connectivity index is 2.20. The van der Waals surface area contributed by atoms with Gasteiger partial charge in [0.25, 0.3) is 0 Å². The molecule has 1 fully saturated rings. The minimum Gasteiger partial charge on any atom is -0.394 e. The van der Waals surface area contributed by atoms with Crippen molar-refractivity contribution in [3.63, 3.8) is 0 Å². The summed E-state index contributed by atoms with van der Waals surface area (Å²) in [7, 11) is 0. The van der Waals surface area contributed by atoms with E-state index in [-0.39, 0.29) is 12.7 Å². The van der Waals surface area contributed by atoms with Crippen molar-refractivity contribution in [2.75, 3.05) is 6.61 Å². The number of aliphatic hydroxyl groups excluding tert-OH is 1. The van der Waals surface area contributed by atoms with Crippen LogP contribution in [0.5, 0.6) is 0 Å². The van der Waals surface area contributed by atoms with Gasteiger partial charge in [0.2, 0.25) is 0 Å². The Bertz CT molecular complexity index is 73.0. The highest BCUT2D eigenvalue weighted by Gasteiger charge is 2.22. The van der Waals surface area contributed by atoms with E-state index >= 15 is 0 Å². The molecule has 0 unspecified atom stereocenters.